The van der Waals surface area contributed by atoms with E-state index in [1.165, 1.54) is 0 Å². The van der Waals surface area contributed by atoms with Crippen molar-refractivity contribution in [2.45, 2.75) is 19.4 Å². The molecular formula is C24H30ClN3O2. The summed E-state index contributed by atoms with van der Waals surface area (Å²) in [6.07, 6.45) is 2.03. The summed E-state index contributed by atoms with van der Waals surface area (Å²) in [5.41, 5.74) is 2.24. The summed E-state index contributed by atoms with van der Waals surface area (Å²) in [5.74, 6) is 1.28. The van der Waals surface area contributed by atoms with Crippen molar-refractivity contribution in [2.24, 2.45) is 5.92 Å². The molecule has 0 unspecified atom stereocenters. The van der Waals surface area contributed by atoms with E-state index in [-0.39, 0.29) is 5.92 Å². The van der Waals surface area contributed by atoms with Gasteiger partial charge in [-0.1, -0.05) is 41.9 Å². The number of likely N-dealkylation sites (tertiary alicyclic amines) is 1. The van der Waals surface area contributed by atoms with Crippen LogP contribution < -0.4 is 9.64 Å². The van der Waals surface area contributed by atoms with Gasteiger partial charge < -0.3 is 14.5 Å². The average Bonchev–Trinajstić information content (AvgIpc) is 2.80. The molecule has 5 nitrogen and oxygen atoms in total. The summed E-state index contributed by atoms with van der Waals surface area (Å²) in [7, 11) is 1.70. The van der Waals surface area contributed by atoms with E-state index in [9.17, 15) is 4.79 Å². The fourth-order valence-corrected chi connectivity index (χ4v) is 4.78. The Morgan fingerprint density at radius 1 is 1.03 bits per heavy atom. The number of amides is 1. The third-order valence-electron chi connectivity index (χ3n) is 6.22. The first-order valence-electron chi connectivity index (χ1n) is 10.8. The predicted molar refractivity (Wildman–Crippen MR) is 121 cm³/mol. The number of piperidine rings is 1. The molecule has 1 atom stereocenters. The maximum absolute atomic E-state index is 13.2. The monoisotopic (exact) mass is 427 g/mol. The van der Waals surface area contributed by atoms with Crippen LogP contribution in [0.1, 0.15) is 18.4 Å². The normalized spacial score (nSPS) is 20.3. The first-order valence-corrected chi connectivity index (χ1v) is 11.2. The van der Waals surface area contributed by atoms with Crippen LogP contribution in [0, 0.1) is 5.92 Å². The summed E-state index contributed by atoms with van der Waals surface area (Å²) in [6, 6.07) is 16.1. The highest BCUT2D eigenvalue weighted by Crippen LogP contribution is 2.29. The quantitative estimate of drug-likeness (QED) is 0.724. The Kier molecular flexibility index (Phi) is 6.80. The maximum Gasteiger partial charge on any atom is 0.227 e. The van der Waals surface area contributed by atoms with Crippen LogP contribution in [0.4, 0.5) is 5.69 Å². The van der Waals surface area contributed by atoms with Gasteiger partial charge in [0.15, 0.2) is 0 Å². The van der Waals surface area contributed by atoms with Crippen molar-refractivity contribution in [2.75, 3.05) is 51.3 Å². The molecule has 0 N–H and O–H groups in total. The molecular weight excluding hydrogens is 398 g/mol. The van der Waals surface area contributed by atoms with Crippen LogP contribution in [0.25, 0.3) is 0 Å². The van der Waals surface area contributed by atoms with Gasteiger partial charge in [0.25, 0.3) is 0 Å². The van der Waals surface area contributed by atoms with Gasteiger partial charge in [0.05, 0.1) is 18.7 Å². The zero-order chi connectivity index (χ0) is 20.9. The lowest BCUT2D eigenvalue weighted by atomic mass is 9.95. The Balaban J connectivity index is 1.33. The number of benzene rings is 2. The van der Waals surface area contributed by atoms with Crippen LogP contribution in [0.5, 0.6) is 5.75 Å². The maximum atomic E-state index is 13.2. The number of hydrogen-bond donors (Lipinski definition) is 0. The van der Waals surface area contributed by atoms with Gasteiger partial charge in [-0.05, 0) is 43.1 Å². The van der Waals surface area contributed by atoms with Crippen molar-refractivity contribution in [3.63, 3.8) is 0 Å². The smallest absolute Gasteiger partial charge is 0.227 e. The van der Waals surface area contributed by atoms with E-state index in [4.69, 9.17) is 16.3 Å². The fourth-order valence-electron chi connectivity index (χ4n) is 4.59. The van der Waals surface area contributed by atoms with Gasteiger partial charge in [0, 0.05) is 44.3 Å². The second-order valence-electron chi connectivity index (χ2n) is 8.15. The molecule has 2 aliphatic heterocycles. The number of ether oxygens (including phenoxy) is 1. The molecule has 2 saturated heterocycles. The lowest BCUT2D eigenvalue weighted by Gasteiger charge is -2.40. The topological polar surface area (TPSA) is 36.0 Å². The van der Waals surface area contributed by atoms with Gasteiger partial charge in [-0.2, -0.15) is 0 Å². The predicted octanol–water partition coefficient (Wildman–Crippen LogP) is 3.91. The first-order chi connectivity index (χ1) is 14.7. The van der Waals surface area contributed by atoms with Gasteiger partial charge in [-0.3, -0.25) is 9.69 Å². The highest BCUT2D eigenvalue weighted by Gasteiger charge is 2.31. The van der Waals surface area contributed by atoms with Crippen molar-refractivity contribution in [3.05, 3.63) is 59.1 Å². The molecule has 2 aliphatic rings. The standard InChI is InChI=1S/C24H30ClN3O2/c1-30-23-11-5-4-10-22(23)27-13-15-28(16-14-27)24(29)20-8-6-12-26(18-20)17-19-7-2-3-9-21(19)25/h2-5,7,9-11,20H,6,8,12-18H2,1H3/t20-/m0/s1. The van der Waals surface area contributed by atoms with Gasteiger partial charge >= 0.3 is 0 Å². The molecule has 30 heavy (non-hydrogen) atoms. The van der Waals surface area contributed by atoms with E-state index in [0.29, 0.717) is 5.91 Å². The van der Waals surface area contributed by atoms with Gasteiger partial charge in [0.1, 0.15) is 5.75 Å². The molecule has 2 fully saturated rings. The van der Waals surface area contributed by atoms with Crippen molar-refractivity contribution in [1.29, 1.82) is 0 Å². The van der Waals surface area contributed by atoms with Crippen molar-refractivity contribution < 1.29 is 9.53 Å². The number of carbonyl (C=O) groups is 1. The van der Waals surface area contributed by atoms with E-state index < -0.39 is 0 Å². The highest BCUT2D eigenvalue weighted by atomic mass is 35.5. The van der Waals surface area contributed by atoms with Crippen molar-refractivity contribution in [3.8, 4) is 5.75 Å². The van der Waals surface area contributed by atoms with Gasteiger partial charge in [-0.25, -0.2) is 0 Å². The largest absolute Gasteiger partial charge is 0.495 e. The lowest BCUT2D eigenvalue weighted by molar-refractivity contribution is -0.137. The minimum atomic E-state index is 0.0825. The number of methoxy groups -OCH3 is 1. The summed E-state index contributed by atoms with van der Waals surface area (Å²) >= 11 is 6.33. The number of hydrogen-bond acceptors (Lipinski definition) is 4. The summed E-state index contributed by atoms with van der Waals surface area (Å²) in [5, 5.41) is 0.804. The Morgan fingerprint density at radius 3 is 2.53 bits per heavy atom. The molecule has 6 heteroatoms. The molecule has 0 saturated carbocycles. The molecule has 0 aliphatic carbocycles. The number of anilines is 1. The molecule has 2 aromatic carbocycles. The van der Waals surface area contributed by atoms with Crippen LogP contribution >= 0.6 is 11.6 Å². The van der Waals surface area contributed by atoms with E-state index in [2.05, 4.69) is 26.8 Å². The van der Waals surface area contributed by atoms with Crippen LogP contribution in [-0.4, -0.2) is 62.1 Å². The number of rotatable bonds is 5. The van der Waals surface area contributed by atoms with Gasteiger partial charge in [-0.15, -0.1) is 0 Å². The molecule has 0 radical (unpaired) electrons. The zero-order valence-corrected chi connectivity index (χ0v) is 18.4. The van der Waals surface area contributed by atoms with Crippen LogP contribution in [0.15, 0.2) is 48.5 Å². The number of para-hydroxylation sites is 2. The SMILES string of the molecule is COc1ccccc1N1CCN(C(=O)[C@H]2CCCN(Cc3ccccc3Cl)C2)CC1. The van der Waals surface area contributed by atoms with E-state index in [1.807, 2.05) is 36.4 Å². The van der Waals surface area contributed by atoms with Crippen LogP contribution in [0.3, 0.4) is 0 Å². The lowest BCUT2D eigenvalue weighted by Crippen LogP contribution is -2.52. The molecule has 2 aromatic rings. The average molecular weight is 428 g/mol. The summed E-state index contributed by atoms with van der Waals surface area (Å²) in [4.78, 5) is 20.0. The number of piperazine rings is 1. The zero-order valence-electron chi connectivity index (χ0n) is 17.6. The van der Waals surface area contributed by atoms with Crippen LogP contribution in [-0.2, 0) is 11.3 Å². The summed E-state index contributed by atoms with van der Waals surface area (Å²) in [6.45, 7) is 5.85. The first kappa shape index (κ1) is 21.0. The third kappa shape index (κ3) is 4.73. The minimum Gasteiger partial charge on any atom is -0.495 e. The fraction of sp³-hybridized carbons (Fsp3) is 0.458. The third-order valence-corrected chi connectivity index (χ3v) is 6.59. The van der Waals surface area contributed by atoms with E-state index in [0.717, 1.165) is 80.7 Å². The molecule has 0 bridgehead atoms. The molecule has 0 aromatic heterocycles. The minimum absolute atomic E-state index is 0.0825. The molecule has 0 spiro atoms. The number of carbonyl (C=O) groups excluding carboxylic acids is 1. The second-order valence-corrected chi connectivity index (χ2v) is 8.56. The number of nitrogens with zero attached hydrogens (tertiary/aromatic N) is 3. The molecule has 160 valence electrons. The summed E-state index contributed by atoms with van der Waals surface area (Å²) < 4.78 is 5.50. The van der Waals surface area contributed by atoms with Crippen molar-refractivity contribution >= 4 is 23.2 Å². The molecule has 2 heterocycles. The van der Waals surface area contributed by atoms with E-state index >= 15 is 0 Å². The van der Waals surface area contributed by atoms with Gasteiger partial charge in [0.2, 0.25) is 5.91 Å². The molecule has 4 rings (SSSR count). The number of halogens is 1. The highest BCUT2D eigenvalue weighted by molar-refractivity contribution is 6.31. The Morgan fingerprint density at radius 2 is 1.77 bits per heavy atom. The Bertz CT molecular complexity index is 867. The Hall–Kier alpha value is -2.24. The second kappa shape index (κ2) is 9.71. The van der Waals surface area contributed by atoms with E-state index in [1.54, 1.807) is 7.11 Å². The molecule has 1 amide bonds. The van der Waals surface area contributed by atoms with Crippen molar-refractivity contribution in [1.82, 2.24) is 9.80 Å². The Labute approximate surface area is 184 Å². The van der Waals surface area contributed by atoms with Crippen LogP contribution in [0.2, 0.25) is 5.02 Å².